The van der Waals surface area contributed by atoms with Crippen molar-refractivity contribution in [1.82, 2.24) is 4.98 Å². The molecule has 0 saturated carbocycles. The van der Waals surface area contributed by atoms with Crippen molar-refractivity contribution < 1.29 is 4.79 Å². The molecule has 0 unspecified atom stereocenters. The molecule has 2 aromatic rings. The number of carbonyl (C=O) groups excluding carboxylic acids is 1. The maximum Gasteiger partial charge on any atom is 0.248 e. The maximum atomic E-state index is 11.9. The first-order chi connectivity index (χ1) is 14.9. The molecule has 4 rings (SSSR count). The lowest BCUT2D eigenvalue weighted by molar-refractivity contribution is -0.114. The highest BCUT2D eigenvalue weighted by Crippen LogP contribution is 2.51. The standard InChI is InChI=1S/C26H27N3O2/c1-4-21-20-14-17(2)16-26(21,22-11-12-25(31)29-24(22)15-20)27-13-7-9-19-8-5-6-10-23(19)28-18(3)30/h4-14,20H,15-16H2,1-3H3,(H,28,30)(H,29,31)/b9-7+,21-4+,27-13?/t20-,26+/m0/s1. The quantitative estimate of drug-likeness (QED) is 0.559. The molecule has 158 valence electrons. The lowest BCUT2D eigenvalue weighted by Gasteiger charge is -2.45. The predicted octanol–water partition coefficient (Wildman–Crippen LogP) is 4.78. The highest BCUT2D eigenvalue weighted by molar-refractivity contribution is 5.92. The van der Waals surface area contributed by atoms with Gasteiger partial charge in [-0.1, -0.05) is 42.0 Å². The number of nitrogens with zero attached hydrogens (tertiary/aromatic N) is 1. The number of benzene rings is 1. The van der Waals surface area contributed by atoms with Gasteiger partial charge in [0.15, 0.2) is 0 Å². The van der Waals surface area contributed by atoms with E-state index in [0.717, 1.165) is 35.3 Å². The zero-order valence-corrected chi connectivity index (χ0v) is 18.1. The Balaban J connectivity index is 1.73. The summed E-state index contributed by atoms with van der Waals surface area (Å²) in [5, 5.41) is 2.85. The molecule has 2 aliphatic rings. The van der Waals surface area contributed by atoms with Gasteiger partial charge in [-0.05, 0) is 49.6 Å². The van der Waals surface area contributed by atoms with Crippen molar-refractivity contribution in [2.24, 2.45) is 10.9 Å². The van der Waals surface area contributed by atoms with Crippen molar-refractivity contribution in [2.45, 2.75) is 39.2 Å². The second-order valence-electron chi connectivity index (χ2n) is 8.23. The lowest BCUT2D eigenvalue weighted by Crippen LogP contribution is -2.40. The van der Waals surface area contributed by atoms with Gasteiger partial charge in [-0.2, -0.15) is 0 Å². The summed E-state index contributed by atoms with van der Waals surface area (Å²) in [6.45, 7) is 5.72. The molecule has 2 atom stereocenters. The third-order valence-corrected chi connectivity index (χ3v) is 6.01. The predicted molar refractivity (Wildman–Crippen MR) is 126 cm³/mol. The summed E-state index contributed by atoms with van der Waals surface area (Å²) in [5.74, 6) is 0.139. The van der Waals surface area contributed by atoms with Crippen molar-refractivity contribution >= 4 is 23.9 Å². The molecule has 0 fully saturated rings. The molecular weight excluding hydrogens is 386 g/mol. The van der Waals surface area contributed by atoms with Gasteiger partial charge >= 0.3 is 0 Å². The summed E-state index contributed by atoms with van der Waals surface area (Å²) < 4.78 is 0. The van der Waals surface area contributed by atoms with E-state index in [4.69, 9.17) is 4.99 Å². The van der Waals surface area contributed by atoms with Crippen LogP contribution in [0.3, 0.4) is 0 Å². The minimum atomic E-state index is -0.502. The smallest absolute Gasteiger partial charge is 0.248 e. The Labute approximate surface area is 182 Å². The van der Waals surface area contributed by atoms with Crippen LogP contribution in [0.25, 0.3) is 6.08 Å². The van der Waals surface area contributed by atoms with Crippen molar-refractivity contribution in [1.29, 1.82) is 0 Å². The van der Waals surface area contributed by atoms with Crippen LogP contribution in [0.15, 0.2) is 75.6 Å². The number of hydrogen-bond donors (Lipinski definition) is 2. The molecule has 0 spiro atoms. The van der Waals surface area contributed by atoms with E-state index in [2.05, 4.69) is 36.3 Å². The minimum Gasteiger partial charge on any atom is -0.326 e. The number of hydrogen-bond acceptors (Lipinski definition) is 3. The average molecular weight is 414 g/mol. The van der Waals surface area contributed by atoms with Gasteiger partial charge in [-0.15, -0.1) is 0 Å². The van der Waals surface area contributed by atoms with Crippen LogP contribution < -0.4 is 10.9 Å². The van der Waals surface area contributed by atoms with E-state index in [0.29, 0.717) is 0 Å². The molecule has 1 heterocycles. The molecular formula is C26H27N3O2. The van der Waals surface area contributed by atoms with Crippen LogP contribution in [0.2, 0.25) is 0 Å². The van der Waals surface area contributed by atoms with E-state index in [1.54, 1.807) is 6.07 Å². The summed E-state index contributed by atoms with van der Waals surface area (Å²) in [7, 11) is 0. The van der Waals surface area contributed by atoms with Gasteiger partial charge in [0.2, 0.25) is 11.5 Å². The van der Waals surface area contributed by atoms with Crippen molar-refractivity contribution in [3.8, 4) is 0 Å². The molecule has 2 N–H and O–H groups in total. The van der Waals surface area contributed by atoms with E-state index in [1.807, 2.05) is 48.7 Å². The zero-order valence-electron chi connectivity index (χ0n) is 18.1. The number of anilines is 1. The number of rotatable bonds is 4. The van der Waals surface area contributed by atoms with Crippen LogP contribution in [0.4, 0.5) is 5.69 Å². The summed E-state index contributed by atoms with van der Waals surface area (Å²) in [6.07, 6.45) is 11.7. The SMILES string of the molecule is C/C=C1\[C@H]2C=C(C)C[C@]1(N=C/C=C/c1ccccc1NC(C)=O)c1ccc(=O)[nH]c1C2. The number of nitrogens with one attached hydrogen (secondary N) is 2. The third-order valence-electron chi connectivity index (χ3n) is 6.01. The largest absolute Gasteiger partial charge is 0.326 e. The first kappa shape index (κ1) is 20.8. The number of carbonyl (C=O) groups is 1. The average Bonchev–Trinajstić information content (AvgIpc) is 2.71. The van der Waals surface area contributed by atoms with E-state index in [9.17, 15) is 9.59 Å². The molecule has 0 saturated heterocycles. The van der Waals surface area contributed by atoms with Gasteiger partial charge in [0.25, 0.3) is 0 Å². The summed E-state index contributed by atoms with van der Waals surface area (Å²) in [5.41, 5.74) is 5.75. The number of aromatic nitrogens is 1. The van der Waals surface area contributed by atoms with Crippen LogP contribution in [0.1, 0.15) is 44.0 Å². The van der Waals surface area contributed by atoms with Gasteiger partial charge in [-0.25, -0.2) is 0 Å². The van der Waals surface area contributed by atoms with Crippen molar-refractivity contribution in [3.05, 3.63) is 92.9 Å². The fourth-order valence-electron chi connectivity index (χ4n) is 4.92. The maximum absolute atomic E-state index is 11.9. The van der Waals surface area contributed by atoms with E-state index < -0.39 is 5.54 Å². The molecule has 2 bridgehead atoms. The molecule has 1 amide bonds. The molecule has 1 aromatic heterocycles. The fraction of sp³-hybridized carbons (Fsp3) is 0.269. The zero-order chi connectivity index (χ0) is 22.0. The number of fused-ring (bicyclic) bond motifs is 4. The van der Waals surface area contributed by atoms with Crippen LogP contribution in [0, 0.1) is 5.92 Å². The molecule has 2 aliphatic carbocycles. The number of amides is 1. The third kappa shape index (κ3) is 3.96. The van der Waals surface area contributed by atoms with Crippen molar-refractivity contribution in [3.63, 3.8) is 0 Å². The molecule has 5 heteroatoms. The summed E-state index contributed by atoms with van der Waals surface area (Å²) >= 11 is 0. The number of allylic oxidation sites excluding steroid dienone is 3. The number of H-pyrrole nitrogens is 1. The van der Waals surface area contributed by atoms with Gasteiger partial charge in [0, 0.05) is 48.5 Å². The Morgan fingerprint density at radius 1 is 1.26 bits per heavy atom. The number of pyridine rings is 1. The van der Waals surface area contributed by atoms with E-state index in [1.165, 1.54) is 18.1 Å². The normalized spacial score (nSPS) is 23.8. The molecule has 0 aliphatic heterocycles. The number of aliphatic imine (C=N–C) groups is 1. The Hall–Kier alpha value is -3.47. The minimum absolute atomic E-state index is 0.0740. The number of para-hydroxylation sites is 1. The number of aromatic amines is 1. The molecule has 1 aromatic carbocycles. The van der Waals surface area contributed by atoms with Crippen molar-refractivity contribution in [2.75, 3.05) is 5.32 Å². The Morgan fingerprint density at radius 2 is 2.06 bits per heavy atom. The molecule has 5 nitrogen and oxygen atoms in total. The Bertz CT molecular complexity index is 1200. The Morgan fingerprint density at radius 3 is 2.84 bits per heavy atom. The lowest BCUT2D eigenvalue weighted by atomic mass is 9.63. The monoisotopic (exact) mass is 413 g/mol. The van der Waals surface area contributed by atoms with Gasteiger partial charge in [0.1, 0.15) is 5.54 Å². The van der Waals surface area contributed by atoms with E-state index >= 15 is 0 Å². The van der Waals surface area contributed by atoms with E-state index in [-0.39, 0.29) is 17.4 Å². The summed E-state index contributed by atoms with van der Waals surface area (Å²) in [4.78, 5) is 31.5. The van der Waals surface area contributed by atoms with Gasteiger partial charge < -0.3 is 10.3 Å². The topological polar surface area (TPSA) is 74.3 Å². The second-order valence-corrected chi connectivity index (χ2v) is 8.23. The highest BCUT2D eigenvalue weighted by atomic mass is 16.1. The highest BCUT2D eigenvalue weighted by Gasteiger charge is 2.46. The fourth-order valence-corrected chi connectivity index (χ4v) is 4.92. The van der Waals surface area contributed by atoms with Gasteiger partial charge in [0.05, 0.1) is 0 Å². The van der Waals surface area contributed by atoms with Crippen LogP contribution in [0.5, 0.6) is 0 Å². The van der Waals surface area contributed by atoms with Gasteiger partial charge in [-0.3, -0.25) is 14.6 Å². The van der Waals surface area contributed by atoms with Crippen LogP contribution >= 0.6 is 0 Å². The van der Waals surface area contributed by atoms with Crippen LogP contribution in [-0.2, 0) is 16.8 Å². The first-order valence-corrected chi connectivity index (χ1v) is 10.6. The molecule has 31 heavy (non-hydrogen) atoms. The second kappa shape index (κ2) is 8.34. The summed E-state index contributed by atoms with van der Waals surface area (Å²) in [6, 6.07) is 11.2. The first-order valence-electron chi connectivity index (χ1n) is 10.6. The van der Waals surface area contributed by atoms with Crippen LogP contribution in [-0.4, -0.2) is 17.1 Å². The molecule has 0 radical (unpaired) electrons. The Kier molecular flexibility index (Phi) is 5.59.